The number of nitrogens with zero attached hydrogens (tertiary/aromatic N) is 5. The monoisotopic (exact) mass is 628 g/mol. The van der Waals surface area contributed by atoms with Crippen LogP contribution in [0.25, 0.3) is 39.4 Å². The molecule has 0 unspecified atom stereocenters. The normalized spacial score (nSPS) is 18.4. The molecule has 0 spiro atoms. The molecule has 1 amide bonds. The number of hydrogen-bond acceptors (Lipinski definition) is 5. The fourth-order valence-corrected chi connectivity index (χ4v) is 8.37. The van der Waals surface area contributed by atoms with Gasteiger partial charge in [0.05, 0.1) is 28.5 Å². The number of benzene rings is 2. The minimum atomic E-state index is -0.973. The molecule has 3 aliphatic carbocycles. The quantitative estimate of drug-likeness (QED) is 0.171. The van der Waals surface area contributed by atoms with E-state index in [1.165, 1.54) is 29.9 Å². The highest BCUT2D eigenvalue weighted by Gasteiger charge is 2.43. The predicted octanol–water partition coefficient (Wildman–Crippen LogP) is 7.66. The Balaban J connectivity index is 1.19. The second kappa shape index (κ2) is 11.8. The summed E-state index contributed by atoms with van der Waals surface area (Å²) in [4.78, 5) is 39.7. The van der Waals surface area contributed by atoms with Gasteiger partial charge in [0, 0.05) is 48.0 Å². The number of carbonyl (C=O) groups excluding carboxylic acids is 1. The Morgan fingerprint density at radius 1 is 0.957 bits per heavy atom. The summed E-state index contributed by atoms with van der Waals surface area (Å²) in [5.74, 6) is 0.336. The minimum absolute atomic E-state index is 0.0873. The van der Waals surface area contributed by atoms with Gasteiger partial charge < -0.3 is 19.6 Å². The van der Waals surface area contributed by atoms with Gasteiger partial charge in [-0.05, 0) is 92.3 Å². The van der Waals surface area contributed by atoms with Gasteiger partial charge >= 0.3 is 5.97 Å². The lowest BCUT2D eigenvalue weighted by atomic mass is 9.89. The van der Waals surface area contributed by atoms with Crippen LogP contribution in [-0.4, -0.2) is 41.1 Å². The van der Waals surface area contributed by atoms with Crippen molar-refractivity contribution >= 4 is 39.9 Å². The van der Waals surface area contributed by atoms with Crippen LogP contribution in [0, 0.1) is 0 Å². The lowest BCUT2D eigenvalue weighted by molar-refractivity contribution is -0.131. The van der Waals surface area contributed by atoms with Crippen molar-refractivity contribution in [3.63, 3.8) is 0 Å². The molecule has 3 heterocycles. The Morgan fingerprint density at radius 2 is 1.77 bits per heavy atom. The molecule has 0 saturated heterocycles. The van der Waals surface area contributed by atoms with E-state index in [9.17, 15) is 14.7 Å². The zero-order valence-electron chi connectivity index (χ0n) is 26.8. The zero-order valence-corrected chi connectivity index (χ0v) is 26.8. The number of aliphatic carboxylic acids is 1. The first-order valence-electron chi connectivity index (χ1n) is 17.1. The Kier molecular flexibility index (Phi) is 7.42. The van der Waals surface area contributed by atoms with E-state index in [2.05, 4.69) is 37.5 Å². The molecule has 0 aliphatic heterocycles. The van der Waals surface area contributed by atoms with E-state index in [4.69, 9.17) is 4.98 Å². The summed E-state index contributed by atoms with van der Waals surface area (Å²) in [7, 11) is 2.08. The van der Waals surface area contributed by atoms with Crippen molar-refractivity contribution in [1.82, 2.24) is 29.4 Å². The number of aryl methyl sites for hydroxylation is 1. The third kappa shape index (κ3) is 5.12. The van der Waals surface area contributed by atoms with E-state index in [1.807, 2.05) is 36.5 Å². The summed E-state index contributed by atoms with van der Waals surface area (Å²) in [6.07, 6.45) is 19.9. The molecule has 3 fully saturated rings. The fraction of sp³-hybridized carbons (Fsp3) is 0.395. The SMILES string of the molecule is Cn1c(-c2cnccn2)c(C2CCCC2)c2ccc(C(=O)NC3(c4nc5ccc(/C=C/C(=O)O)cc5n4C4CCC4)CCCC3)cc21. The molecule has 2 N–H and O–H groups in total. The summed E-state index contributed by atoms with van der Waals surface area (Å²) < 4.78 is 4.55. The molecule has 0 bridgehead atoms. The second-order valence-corrected chi connectivity index (χ2v) is 13.7. The molecule has 47 heavy (non-hydrogen) atoms. The molecule has 3 aromatic heterocycles. The summed E-state index contributed by atoms with van der Waals surface area (Å²) in [5, 5.41) is 13.9. The molecule has 240 valence electrons. The van der Waals surface area contributed by atoms with Crippen LogP contribution >= 0.6 is 0 Å². The predicted molar refractivity (Wildman–Crippen MR) is 182 cm³/mol. The van der Waals surface area contributed by atoms with Crippen molar-refractivity contribution < 1.29 is 14.7 Å². The molecular weight excluding hydrogens is 588 g/mol. The van der Waals surface area contributed by atoms with Crippen LogP contribution in [0.4, 0.5) is 0 Å². The van der Waals surface area contributed by atoms with Crippen molar-refractivity contribution in [3.05, 3.63) is 83.6 Å². The molecule has 3 aliphatic rings. The molecule has 9 nitrogen and oxygen atoms in total. The highest BCUT2D eigenvalue weighted by molar-refractivity contribution is 6.01. The minimum Gasteiger partial charge on any atom is -0.478 e. The molecule has 3 saturated carbocycles. The highest BCUT2D eigenvalue weighted by Crippen LogP contribution is 2.46. The number of carboxylic acid groups (broad SMARTS) is 1. The first-order chi connectivity index (χ1) is 22.9. The first kappa shape index (κ1) is 29.6. The molecule has 8 rings (SSSR count). The van der Waals surface area contributed by atoms with Crippen LogP contribution in [0.3, 0.4) is 0 Å². The summed E-state index contributed by atoms with van der Waals surface area (Å²) in [5.41, 5.74) is 7.07. The topological polar surface area (TPSA) is 115 Å². The molecule has 0 atom stereocenters. The summed E-state index contributed by atoms with van der Waals surface area (Å²) in [6, 6.07) is 12.4. The number of hydrogen-bond donors (Lipinski definition) is 2. The lowest BCUT2D eigenvalue weighted by Gasteiger charge is -2.36. The summed E-state index contributed by atoms with van der Waals surface area (Å²) >= 11 is 0. The van der Waals surface area contributed by atoms with E-state index in [0.717, 1.165) is 97.1 Å². The maximum atomic E-state index is 14.3. The number of rotatable bonds is 8. The van der Waals surface area contributed by atoms with E-state index in [0.29, 0.717) is 17.5 Å². The maximum absolute atomic E-state index is 14.3. The van der Waals surface area contributed by atoms with Crippen molar-refractivity contribution in [2.45, 2.75) is 88.1 Å². The van der Waals surface area contributed by atoms with Gasteiger partial charge in [-0.15, -0.1) is 0 Å². The first-order valence-corrected chi connectivity index (χ1v) is 17.1. The molecule has 5 aromatic rings. The van der Waals surface area contributed by atoms with Crippen LogP contribution in [-0.2, 0) is 17.4 Å². The number of aromatic nitrogens is 5. The number of amides is 1. The molecule has 9 heteroatoms. The summed E-state index contributed by atoms with van der Waals surface area (Å²) in [6.45, 7) is 0. The van der Waals surface area contributed by atoms with Crippen molar-refractivity contribution in [1.29, 1.82) is 0 Å². The van der Waals surface area contributed by atoms with Crippen LogP contribution < -0.4 is 5.32 Å². The Morgan fingerprint density at radius 3 is 2.47 bits per heavy atom. The number of imidazole rings is 1. The number of fused-ring (bicyclic) bond motifs is 2. The highest BCUT2D eigenvalue weighted by atomic mass is 16.4. The van der Waals surface area contributed by atoms with Crippen LogP contribution in [0.2, 0.25) is 0 Å². The number of carboxylic acids is 1. The van der Waals surface area contributed by atoms with Crippen molar-refractivity contribution in [2.24, 2.45) is 7.05 Å². The van der Waals surface area contributed by atoms with Gasteiger partial charge in [0.15, 0.2) is 0 Å². The van der Waals surface area contributed by atoms with E-state index in [-0.39, 0.29) is 5.91 Å². The van der Waals surface area contributed by atoms with E-state index in [1.54, 1.807) is 18.5 Å². The second-order valence-electron chi connectivity index (χ2n) is 13.7. The van der Waals surface area contributed by atoms with Gasteiger partial charge in [-0.25, -0.2) is 9.78 Å². The zero-order chi connectivity index (χ0) is 32.1. The Hall–Kier alpha value is -4.79. The Bertz CT molecular complexity index is 2030. The standard InChI is InChI=1S/C38H40N6O3/c1-43-31-22-26(13-14-28(31)34(25-7-2-3-8-25)35(43)30-23-39-19-20-40-30)36(47)42-38(17-4-5-18-38)37-41-29-15-11-24(12-16-33(45)46)21-32(29)44(37)27-9-6-10-27/h11-16,19-23,25,27H,2-10,17-18H2,1H3,(H,42,47)(H,45,46)/b16-12+. The van der Waals surface area contributed by atoms with Crippen molar-refractivity contribution in [2.75, 3.05) is 0 Å². The maximum Gasteiger partial charge on any atom is 0.328 e. The fourth-order valence-electron chi connectivity index (χ4n) is 8.37. The third-order valence-electron chi connectivity index (χ3n) is 10.9. The smallest absolute Gasteiger partial charge is 0.328 e. The van der Waals surface area contributed by atoms with Crippen molar-refractivity contribution in [3.8, 4) is 11.4 Å². The van der Waals surface area contributed by atoms with Crippen LogP contribution in [0.5, 0.6) is 0 Å². The van der Waals surface area contributed by atoms with Gasteiger partial charge in [-0.3, -0.25) is 14.8 Å². The number of carbonyl (C=O) groups is 2. The van der Waals surface area contributed by atoms with Gasteiger partial charge in [0.25, 0.3) is 5.91 Å². The molecular formula is C38H40N6O3. The van der Waals surface area contributed by atoms with E-state index < -0.39 is 11.5 Å². The third-order valence-corrected chi connectivity index (χ3v) is 10.9. The van der Waals surface area contributed by atoms with Gasteiger partial charge in [0.1, 0.15) is 11.5 Å². The average Bonchev–Trinajstić information content (AvgIpc) is 3.86. The molecule has 0 radical (unpaired) electrons. The number of nitrogens with one attached hydrogen (secondary N) is 1. The average molecular weight is 629 g/mol. The van der Waals surface area contributed by atoms with Gasteiger partial charge in [-0.1, -0.05) is 37.8 Å². The lowest BCUT2D eigenvalue weighted by Crippen LogP contribution is -2.46. The van der Waals surface area contributed by atoms with Gasteiger partial charge in [-0.2, -0.15) is 0 Å². The Labute approximate surface area is 273 Å². The molecule has 2 aromatic carbocycles. The van der Waals surface area contributed by atoms with Gasteiger partial charge in [0.2, 0.25) is 0 Å². The van der Waals surface area contributed by atoms with Crippen LogP contribution in [0.1, 0.15) is 110 Å². The van der Waals surface area contributed by atoms with E-state index >= 15 is 0 Å². The largest absolute Gasteiger partial charge is 0.478 e. The van der Waals surface area contributed by atoms with Crippen LogP contribution in [0.15, 0.2) is 61.1 Å².